The lowest BCUT2D eigenvalue weighted by atomic mass is 9.85. The van der Waals surface area contributed by atoms with Crippen molar-refractivity contribution in [3.8, 4) is 0 Å². The van der Waals surface area contributed by atoms with Gasteiger partial charge in [0.25, 0.3) is 0 Å². The highest BCUT2D eigenvalue weighted by molar-refractivity contribution is 5.77. The predicted octanol–water partition coefficient (Wildman–Crippen LogP) is 1.32. The van der Waals surface area contributed by atoms with E-state index < -0.39 is 0 Å². The zero-order chi connectivity index (χ0) is 14.8. The minimum atomic E-state index is 0.206. The molecule has 3 rings (SSSR count). The molecule has 6 heteroatoms. The first kappa shape index (κ1) is 14.1. The van der Waals surface area contributed by atoms with E-state index in [4.69, 9.17) is 0 Å². The molecular formula is C15H23N5O. The average molecular weight is 289 g/mol. The smallest absolute Gasteiger partial charge is 0.224 e. The highest BCUT2D eigenvalue weighted by atomic mass is 16.1. The Morgan fingerprint density at radius 2 is 2.33 bits per heavy atom. The zero-order valence-electron chi connectivity index (χ0n) is 12.7. The molecule has 0 aromatic carbocycles. The summed E-state index contributed by atoms with van der Waals surface area (Å²) in [5.41, 5.74) is 1.11. The monoisotopic (exact) mass is 289 g/mol. The molecule has 3 heterocycles. The van der Waals surface area contributed by atoms with Crippen LogP contribution < -0.4 is 15.5 Å². The molecule has 1 amide bonds. The van der Waals surface area contributed by atoms with Gasteiger partial charge in [-0.15, -0.1) is 0 Å². The Labute approximate surface area is 125 Å². The van der Waals surface area contributed by atoms with Gasteiger partial charge in [-0.25, -0.2) is 4.98 Å². The minimum Gasteiger partial charge on any atom is -0.356 e. The van der Waals surface area contributed by atoms with Crippen molar-refractivity contribution in [1.29, 1.82) is 0 Å². The molecule has 0 aliphatic carbocycles. The Morgan fingerprint density at radius 1 is 1.48 bits per heavy atom. The number of piperidine rings is 2. The van der Waals surface area contributed by atoms with Crippen LogP contribution in [0, 0.1) is 12.8 Å². The van der Waals surface area contributed by atoms with E-state index in [0.29, 0.717) is 24.3 Å². The SMILES string of the molecule is CCNc1ncc(C)c(N2CCC3NC(=O)CCC3C2)n1. The maximum atomic E-state index is 11.5. The van der Waals surface area contributed by atoms with E-state index in [2.05, 4.69) is 32.4 Å². The zero-order valence-corrected chi connectivity index (χ0v) is 12.7. The molecule has 2 fully saturated rings. The van der Waals surface area contributed by atoms with E-state index in [0.717, 1.165) is 43.9 Å². The Morgan fingerprint density at radius 3 is 3.14 bits per heavy atom. The van der Waals surface area contributed by atoms with Crippen molar-refractivity contribution in [3.63, 3.8) is 0 Å². The van der Waals surface area contributed by atoms with E-state index in [1.54, 1.807) is 0 Å². The second-order valence-electron chi connectivity index (χ2n) is 5.94. The topological polar surface area (TPSA) is 70.2 Å². The van der Waals surface area contributed by atoms with Gasteiger partial charge in [0.2, 0.25) is 11.9 Å². The highest BCUT2D eigenvalue weighted by Gasteiger charge is 2.34. The van der Waals surface area contributed by atoms with Gasteiger partial charge in [-0.3, -0.25) is 4.79 Å². The molecule has 6 nitrogen and oxygen atoms in total. The number of hydrogen-bond acceptors (Lipinski definition) is 5. The van der Waals surface area contributed by atoms with E-state index in [1.807, 2.05) is 13.1 Å². The molecule has 2 aliphatic rings. The molecule has 0 bridgehead atoms. The average Bonchev–Trinajstić information content (AvgIpc) is 2.49. The summed E-state index contributed by atoms with van der Waals surface area (Å²) < 4.78 is 0. The molecule has 21 heavy (non-hydrogen) atoms. The number of anilines is 2. The first-order valence-electron chi connectivity index (χ1n) is 7.79. The van der Waals surface area contributed by atoms with Gasteiger partial charge in [-0.05, 0) is 32.6 Å². The molecule has 2 atom stereocenters. The number of hydrogen-bond donors (Lipinski definition) is 2. The number of nitrogens with zero attached hydrogens (tertiary/aromatic N) is 3. The van der Waals surface area contributed by atoms with E-state index >= 15 is 0 Å². The van der Waals surface area contributed by atoms with Gasteiger partial charge in [-0.2, -0.15) is 4.98 Å². The first-order chi connectivity index (χ1) is 10.2. The fraction of sp³-hybridized carbons (Fsp3) is 0.667. The number of nitrogens with one attached hydrogen (secondary N) is 2. The molecule has 0 spiro atoms. The number of amides is 1. The van der Waals surface area contributed by atoms with Crippen LogP contribution in [0.2, 0.25) is 0 Å². The third kappa shape index (κ3) is 2.94. The van der Waals surface area contributed by atoms with Crippen molar-refractivity contribution < 1.29 is 4.79 Å². The maximum absolute atomic E-state index is 11.5. The molecule has 2 aliphatic heterocycles. The van der Waals surface area contributed by atoms with Gasteiger partial charge >= 0.3 is 0 Å². The van der Waals surface area contributed by atoms with Gasteiger partial charge < -0.3 is 15.5 Å². The maximum Gasteiger partial charge on any atom is 0.224 e. The lowest BCUT2D eigenvalue weighted by molar-refractivity contribution is -0.124. The van der Waals surface area contributed by atoms with E-state index in [9.17, 15) is 4.79 Å². The van der Waals surface area contributed by atoms with Crippen LogP contribution in [-0.4, -0.2) is 41.6 Å². The molecular weight excluding hydrogens is 266 g/mol. The molecule has 1 aromatic rings. The van der Waals surface area contributed by atoms with E-state index in [1.165, 1.54) is 0 Å². The summed E-state index contributed by atoms with van der Waals surface area (Å²) in [4.78, 5) is 22.8. The van der Waals surface area contributed by atoms with Crippen LogP contribution in [0.3, 0.4) is 0 Å². The number of aryl methyl sites for hydroxylation is 1. The molecule has 0 radical (unpaired) electrons. The summed E-state index contributed by atoms with van der Waals surface area (Å²) in [6.07, 6.45) is 4.52. The van der Waals surface area contributed by atoms with Crippen LogP contribution in [0.4, 0.5) is 11.8 Å². The standard InChI is InChI=1S/C15H23N5O/c1-3-16-15-17-8-10(2)14(19-15)20-7-6-12-11(9-20)4-5-13(21)18-12/h8,11-12H,3-7,9H2,1-2H3,(H,18,21)(H,16,17,19). The normalized spacial score (nSPS) is 25.2. The van der Waals surface area contributed by atoms with Gasteiger partial charge in [0.15, 0.2) is 0 Å². The quantitative estimate of drug-likeness (QED) is 0.878. The highest BCUT2D eigenvalue weighted by Crippen LogP contribution is 2.29. The summed E-state index contributed by atoms with van der Waals surface area (Å²) in [7, 11) is 0. The van der Waals surface area contributed by atoms with E-state index in [-0.39, 0.29) is 5.91 Å². The molecule has 0 saturated carbocycles. The largest absolute Gasteiger partial charge is 0.356 e. The fourth-order valence-corrected chi connectivity index (χ4v) is 3.30. The van der Waals surface area contributed by atoms with Gasteiger partial charge in [0, 0.05) is 43.9 Å². The lowest BCUT2D eigenvalue weighted by Crippen LogP contribution is -2.54. The van der Waals surface area contributed by atoms with Crippen LogP contribution in [0.15, 0.2) is 6.20 Å². The van der Waals surface area contributed by atoms with Gasteiger partial charge in [0.1, 0.15) is 5.82 Å². The molecule has 2 N–H and O–H groups in total. The molecule has 2 saturated heterocycles. The Kier molecular flexibility index (Phi) is 3.94. The summed E-state index contributed by atoms with van der Waals surface area (Å²) in [6.45, 7) is 6.82. The molecule has 114 valence electrons. The second-order valence-corrected chi connectivity index (χ2v) is 5.94. The Balaban J connectivity index is 1.76. The number of carbonyl (C=O) groups excluding carboxylic acids is 1. The van der Waals surface area contributed by atoms with Crippen LogP contribution in [0.5, 0.6) is 0 Å². The number of fused-ring (bicyclic) bond motifs is 1. The van der Waals surface area contributed by atoms with Crippen LogP contribution in [0.25, 0.3) is 0 Å². The third-order valence-corrected chi connectivity index (χ3v) is 4.40. The molecule has 1 aromatic heterocycles. The van der Waals surface area contributed by atoms with Crippen molar-refractivity contribution in [3.05, 3.63) is 11.8 Å². The molecule has 2 unspecified atom stereocenters. The van der Waals surface area contributed by atoms with Crippen molar-refractivity contribution in [2.24, 2.45) is 5.92 Å². The minimum absolute atomic E-state index is 0.206. The number of rotatable bonds is 3. The first-order valence-corrected chi connectivity index (χ1v) is 7.79. The van der Waals surface area contributed by atoms with Gasteiger partial charge in [0.05, 0.1) is 0 Å². The summed E-state index contributed by atoms with van der Waals surface area (Å²) in [5.74, 6) is 2.46. The second kappa shape index (κ2) is 5.87. The summed E-state index contributed by atoms with van der Waals surface area (Å²) in [5, 5.41) is 6.30. The predicted molar refractivity (Wildman–Crippen MR) is 82.4 cm³/mol. The van der Waals surface area contributed by atoms with Crippen molar-refractivity contribution in [2.45, 2.75) is 39.2 Å². The van der Waals surface area contributed by atoms with Crippen LogP contribution >= 0.6 is 0 Å². The third-order valence-electron chi connectivity index (χ3n) is 4.40. The van der Waals surface area contributed by atoms with Crippen LogP contribution in [0.1, 0.15) is 31.7 Å². The van der Waals surface area contributed by atoms with Crippen molar-refractivity contribution >= 4 is 17.7 Å². The van der Waals surface area contributed by atoms with Gasteiger partial charge in [-0.1, -0.05) is 0 Å². The van der Waals surface area contributed by atoms with Crippen LogP contribution in [-0.2, 0) is 4.79 Å². The number of aromatic nitrogens is 2. The Hall–Kier alpha value is -1.85. The van der Waals surface area contributed by atoms with Crippen molar-refractivity contribution in [2.75, 3.05) is 29.9 Å². The number of carbonyl (C=O) groups is 1. The Bertz CT molecular complexity index is 533. The summed E-state index contributed by atoms with van der Waals surface area (Å²) in [6, 6.07) is 0.345. The van der Waals surface area contributed by atoms with Crippen molar-refractivity contribution in [1.82, 2.24) is 15.3 Å². The fourth-order valence-electron chi connectivity index (χ4n) is 3.30. The summed E-state index contributed by atoms with van der Waals surface area (Å²) >= 11 is 0. The lowest BCUT2D eigenvalue weighted by Gasteiger charge is -2.42.